The Labute approximate surface area is 115 Å². The Bertz CT molecular complexity index is 467. The van der Waals surface area contributed by atoms with Gasteiger partial charge in [0.2, 0.25) is 5.91 Å². The third kappa shape index (κ3) is 3.26. The summed E-state index contributed by atoms with van der Waals surface area (Å²) in [6.45, 7) is 6.14. The molecule has 1 aromatic rings. The summed E-state index contributed by atoms with van der Waals surface area (Å²) in [6.07, 6.45) is 0. The van der Waals surface area contributed by atoms with Crippen LogP contribution in [0.15, 0.2) is 12.1 Å². The number of methoxy groups -OCH3 is 1. The van der Waals surface area contributed by atoms with E-state index in [1.165, 1.54) is 4.90 Å². The second-order valence-electron chi connectivity index (χ2n) is 5.32. The molecule has 1 amide bonds. The predicted octanol–water partition coefficient (Wildman–Crippen LogP) is 2.22. The van der Waals surface area contributed by atoms with Crippen LogP contribution in [0.4, 0.5) is 0 Å². The number of likely N-dealkylation sites (N-methyl/N-ethyl adjacent to an activating group) is 1. The molecule has 0 aliphatic heterocycles. The number of benzene rings is 1. The van der Waals surface area contributed by atoms with E-state index >= 15 is 0 Å². The minimum Gasteiger partial charge on any atom is -0.496 e. The van der Waals surface area contributed by atoms with Gasteiger partial charge in [-0.15, -0.1) is 0 Å². The molecule has 1 unspecified atom stereocenters. The zero-order chi connectivity index (χ0) is 14.7. The molecule has 0 saturated heterocycles. The highest BCUT2D eigenvalue weighted by Gasteiger charge is 2.21. The van der Waals surface area contributed by atoms with Gasteiger partial charge >= 0.3 is 0 Å². The molecule has 106 valence electrons. The second-order valence-corrected chi connectivity index (χ2v) is 5.32. The summed E-state index contributed by atoms with van der Waals surface area (Å²) in [5.74, 6) is 1.07. The van der Waals surface area contributed by atoms with Crippen LogP contribution in [0.5, 0.6) is 5.75 Å². The van der Waals surface area contributed by atoms with E-state index in [2.05, 4.69) is 13.8 Å². The van der Waals surface area contributed by atoms with Gasteiger partial charge in [0.05, 0.1) is 7.11 Å². The monoisotopic (exact) mass is 264 g/mol. The van der Waals surface area contributed by atoms with Crippen molar-refractivity contribution in [2.45, 2.75) is 32.7 Å². The molecule has 0 heterocycles. The molecule has 0 spiro atoms. The highest BCUT2D eigenvalue weighted by atomic mass is 16.5. The summed E-state index contributed by atoms with van der Waals surface area (Å²) in [5, 5.41) is 0. The average Bonchev–Trinajstić information content (AvgIpc) is 2.35. The van der Waals surface area contributed by atoms with E-state index in [4.69, 9.17) is 10.5 Å². The van der Waals surface area contributed by atoms with E-state index in [-0.39, 0.29) is 5.91 Å². The largest absolute Gasteiger partial charge is 0.496 e. The first kappa shape index (κ1) is 15.5. The van der Waals surface area contributed by atoms with Crippen LogP contribution in [-0.4, -0.2) is 32.0 Å². The Morgan fingerprint density at radius 2 is 1.84 bits per heavy atom. The number of nitrogens with two attached hydrogens (primary N) is 1. The summed E-state index contributed by atoms with van der Waals surface area (Å²) >= 11 is 0. The van der Waals surface area contributed by atoms with Crippen LogP contribution in [-0.2, 0) is 4.79 Å². The quantitative estimate of drug-likeness (QED) is 0.907. The Balaban J connectivity index is 3.29. The fourth-order valence-electron chi connectivity index (χ4n) is 2.09. The molecule has 0 fully saturated rings. The van der Waals surface area contributed by atoms with Crippen molar-refractivity contribution in [2.75, 3.05) is 21.2 Å². The van der Waals surface area contributed by atoms with Crippen LogP contribution >= 0.6 is 0 Å². The number of carbonyl (C=O) groups excluding carboxylic acids is 1. The maximum atomic E-state index is 12.0. The maximum Gasteiger partial charge on any atom is 0.243 e. The fraction of sp³-hybridized carbons (Fsp3) is 0.533. The van der Waals surface area contributed by atoms with Crippen molar-refractivity contribution in [1.82, 2.24) is 4.90 Å². The molecule has 4 nitrogen and oxygen atoms in total. The topological polar surface area (TPSA) is 55.6 Å². The molecule has 0 saturated carbocycles. The number of hydrogen-bond donors (Lipinski definition) is 1. The van der Waals surface area contributed by atoms with Crippen LogP contribution < -0.4 is 10.5 Å². The molecule has 2 N–H and O–H groups in total. The molecule has 0 aromatic heterocycles. The lowest BCUT2D eigenvalue weighted by Crippen LogP contribution is -2.33. The van der Waals surface area contributed by atoms with Gasteiger partial charge in [0.25, 0.3) is 0 Å². The highest BCUT2D eigenvalue weighted by Crippen LogP contribution is 2.31. The van der Waals surface area contributed by atoms with Gasteiger partial charge in [-0.05, 0) is 41.7 Å². The molecule has 19 heavy (non-hydrogen) atoms. The highest BCUT2D eigenvalue weighted by molar-refractivity contribution is 5.83. The lowest BCUT2D eigenvalue weighted by Gasteiger charge is -2.21. The third-order valence-corrected chi connectivity index (χ3v) is 3.28. The molecule has 1 rings (SSSR count). The van der Waals surface area contributed by atoms with Gasteiger partial charge in [-0.1, -0.05) is 13.8 Å². The molecule has 4 heteroatoms. The summed E-state index contributed by atoms with van der Waals surface area (Å²) in [7, 11) is 5.08. The van der Waals surface area contributed by atoms with Crippen molar-refractivity contribution < 1.29 is 9.53 Å². The smallest absolute Gasteiger partial charge is 0.243 e. The lowest BCUT2D eigenvalue weighted by molar-refractivity contribution is -0.130. The minimum absolute atomic E-state index is 0.0945. The minimum atomic E-state index is -0.626. The first-order valence-corrected chi connectivity index (χ1v) is 6.44. The Hall–Kier alpha value is -1.55. The lowest BCUT2D eigenvalue weighted by atomic mass is 9.93. The SMILES string of the molecule is COc1cc(C)c(C(N)C(=O)N(C)C)cc1C(C)C. The number of hydrogen-bond acceptors (Lipinski definition) is 3. The zero-order valence-corrected chi connectivity index (χ0v) is 12.7. The predicted molar refractivity (Wildman–Crippen MR) is 77.4 cm³/mol. The van der Waals surface area contributed by atoms with Gasteiger partial charge in [0, 0.05) is 14.1 Å². The maximum absolute atomic E-state index is 12.0. The molecule has 0 aliphatic rings. The summed E-state index contributed by atoms with van der Waals surface area (Å²) in [4.78, 5) is 13.5. The van der Waals surface area contributed by atoms with Crippen LogP contribution in [0.25, 0.3) is 0 Å². The van der Waals surface area contributed by atoms with Gasteiger partial charge < -0.3 is 15.4 Å². The van der Waals surface area contributed by atoms with E-state index in [0.717, 1.165) is 22.4 Å². The standard InChI is InChI=1S/C15H24N2O2/c1-9(2)11-8-12(10(3)7-13(11)19-6)14(16)15(18)17(4)5/h7-9,14H,16H2,1-6H3. The third-order valence-electron chi connectivity index (χ3n) is 3.28. The summed E-state index contributed by atoms with van der Waals surface area (Å²) in [5.41, 5.74) is 8.98. The summed E-state index contributed by atoms with van der Waals surface area (Å²) in [6, 6.07) is 3.32. The van der Waals surface area contributed by atoms with Crippen molar-refractivity contribution in [3.8, 4) is 5.75 Å². The van der Waals surface area contributed by atoms with E-state index in [1.807, 2.05) is 19.1 Å². The second kappa shape index (κ2) is 6.06. The molecule has 0 bridgehead atoms. The number of aryl methyl sites for hydroxylation is 1. The first-order chi connectivity index (χ1) is 8.79. The summed E-state index contributed by atoms with van der Waals surface area (Å²) < 4.78 is 5.39. The van der Waals surface area contributed by atoms with Crippen molar-refractivity contribution >= 4 is 5.91 Å². The van der Waals surface area contributed by atoms with Crippen LogP contribution in [0.3, 0.4) is 0 Å². The van der Waals surface area contributed by atoms with Gasteiger partial charge in [-0.25, -0.2) is 0 Å². The van der Waals surface area contributed by atoms with E-state index in [9.17, 15) is 4.79 Å². The van der Waals surface area contributed by atoms with Crippen molar-refractivity contribution in [3.63, 3.8) is 0 Å². The molecule has 1 aromatic carbocycles. The van der Waals surface area contributed by atoms with Crippen LogP contribution in [0.2, 0.25) is 0 Å². The number of carbonyl (C=O) groups is 1. The number of ether oxygens (including phenoxy) is 1. The molecular weight excluding hydrogens is 240 g/mol. The molecular formula is C15H24N2O2. The Morgan fingerprint density at radius 1 is 1.26 bits per heavy atom. The molecule has 1 atom stereocenters. The van der Waals surface area contributed by atoms with Crippen LogP contribution in [0.1, 0.15) is 42.5 Å². The molecule has 0 radical (unpaired) electrons. The number of nitrogens with zero attached hydrogens (tertiary/aromatic N) is 1. The van der Waals surface area contributed by atoms with E-state index in [1.54, 1.807) is 21.2 Å². The van der Waals surface area contributed by atoms with Gasteiger partial charge in [-0.2, -0.15) is 0 Å². The van der Waals surface area contributed by atoms with E-state index < -0.39 is 6.04 Å². The van der Waals surface area contributed by atoms with Gasteiger partial charge in [-0.3, -0.25) is 4.79 Å². The zero-order valence-electron chi connectivity index (χ0n) is 12.7. The van der Waals surface area contributed by atoms with Gasteiger partial charge in [0.15, 0.2) is 0 Å². The van der Waals surface area contributed by atoms with Gasteiger partial charge in [0.1, 0.15) is 11.8 Å². The number of rotatable bonds is 4. The van der Waals surface area contributed by atoms with E-state index in [0.29, 0.717) is 5.92 Å². The van der Waals surface area contributed by atoms with Crippen molar-refractivity contribution in [1.29, 1.82) is 0 Å². The van der Waals surface area contributed by atoms with Crippen molar-refractivity contribution in [2.24, 2.45) is 5.73 Å². The fourth-order valence-corrected chi connectivity index (χ4v) is 2.09. The van der Waals surface area contributed by atoms with Crippen molar-refractivity contribution in [3.05, 3.63) is 28.8 Å². The average molecular weight is 264 g/mol. The Kier molecular flexibility index (Phi) is 4.95. The first-order valence-electron chi connectivity index (χ1n) is 6.44. The number of amides is 1. The van der Waals surface area contributed by atoms with Crippen LogP contribution in [0, 0.1) is 6.92 Å². The normalized spacial score (nSPS) is 12.4. The molecule has 0 aliphatic carbocycles. The Morgan fingerprint density at radius 3 is 2.26 bits per heavy atom.